The van der Waals surface area contributed by atoms with Crippen molar-refractivity contribution >= 4 is 5.91 Å². The van der Waals surface area contributed by atoms with E-state index in [2.05, 4.69) is 19.2 Å². The summed E-state index contributed by atoms with van der Waals surface area (Å²) in [5.41, 5.74) is 0. The summed E-state index contributed by atoms with van der Waals surface area (Å²) in [6.45, 7) is 1.71. The van der Waals surface area contributed by atoms with Gasteiger partial charge in [0, 0.05) is 6.42 Å². The highest BCUT2D eigenvalue weighted by atomic mass is 16.8. The van der Waals surface area contributed by atoms with Crippen LogP contribution in [0.25, 0.3) is 0 Å². The van der Waals surface area contributed by atoms with Crippen LogP contribution in [0.15, 0.2) is 12.2 Å². The van der Waals surface area contributed by atoms with Crippen molar-refractivity contribution in [2.45, 2.75) is 317 Å². The molecule has 12 N–H and O–H groups in total. The largest absolute Gasteiger partial charge is 0.394 e. The fourth-order valence-electron chi connectivity index (χ4n) is 10.4. The van der Waals surface area contributed by atoms with E-state index in [0.29, 0.717) is 6.42 Å². The number of amides is 1. The third-order valence-electron chi connectivity index (χ3n) is 15.3. The molecule has 17 atom stereocenters. The molecule has 3 aliphatic heterocycles. The van der Waals surface area contributed by atoms with Crippen LogP contribution in [0.1, 0.15) is 213 Å². The SMILES string of the molecule is CCCCCCCCCCCCCCCCCCCCC/C=C/C(O)C(COC1OC(CO)C(OC2OC(CO)C(OC3OC(CO)C(O)C(O)C3O)C(O)C2O)C(O)C1O)NC(=O)CCCCCCCCCCCC. The number of carbonyl (C=O) groups excluding carboxylic acids is 1. The topological polar surface area (TPSA) is 307 Å². The molecule has 448 valence electrons. The summed E-state index contributed by atoms with van der Waals surface area (Å²) in [4.78, 5) is 13.2. The molecule has 0 aromatic carbocycles. The van der Waals surface area contributed by atoms with Gasteiger partial charge in [0.25, 0.3) is 0 Å². The highest BCUT2D eigenvalue weighted by Gasteiger charge is 2.53. The number of aliphatic hydroxyl groups excluding tert-OH is 11. The van der Waals surface area contributed by atoms with Gasteiger partial charge in [-0.25, -0.2) is 0 Å². The van der Waals surface area contributed by atoms with Crippen molar-refractivity contribution in [2.24, 2.45) is 0 Å². The summed E-state index contributed by atoms with van der Waals surface area (Å²) in [5.74, 6) is -0.276. The molecule has 0 spiro atoms. The number of allylic oxidation sites excluding steroid dienone is 1. The molecule has 17 unspecified atom stereocenters. The lowest BCUT2D eigenvalue weighted by Gasteiger charge is -2.48. The monoisotopic (exact) mass is 1090 g/mol. The standard InChI is InChI=1S/C57H107NO18/c1-3-5-7-9-11-13-15-16-17-18-19-20-21-22-23-24-25-26-28-30-32-34-41(62)40(58-45(63)35-33-31-29-27-14-12-10-8-6-4-2)39-71-55-51(69)48(66)53(43(37-60)73-55)76-57-52(70)49(67)54(44(38-61)74-57)75-56-50(68)47(65)46(64)42(36-59)72-56/h32,34,40-44,46-57,59-62,64-70H,3-31,33,35-39H2,1-2H3,(H,58,63)/b34-32+. The number of ether oxygens (including phenoxy) is 6. The first-order chi connectivity index (χ1) is 36.8. The van der Waals surface area contributed by atoms with Gasteiger partial charge in [-0.05, 0) is 19.3 Å². The number of unbranched alkanes of at least 4 members (excludes halogenated alkanes) is 28. The summed E-state index contributed by atoms with van der Waals surface area (Å²) in [6, 6.07) is -0.965. The average molecular weight is 1090 g/mol. The minimum atomic E-state index is -1.97. The van der Waals surface area contributed by atoms with Crippen LogP contribution in [-0.2, 0) is 33.2 Å². The fraction of sp³-hybridized carbons (Fsp3) is 0.947. The lowest BCUT2D eigenvalue weighted by molar-refractivity contribution is -0.379. The normalized spacial score (nSPS) is 31.0. The summed E-state index contributed by atoms with van der Waals surface area (Å²) >= 11 is 0. The second-order valence-electron chi connectivity index (χ2n) is 21.8. The molecular formula is C57H107NO18. The molecule has 19 heteroatoms. The van der Waals surface area contributed by atoms with Crippen molar-refractivity contribution in [3.63, 3.8) is 0 Å². The Morgan fingerprint density at radius 2 is 0.816 bits per heavy atom. The summed E-state index contributed by atoms with van der Waals surface area (Å²) in [5, 5.41) is 120. The molecule has 3 aliphatic rings. The molecule has 19 nitrogen and oxygen atoms in total. The van der Waals surface area contributed by atoms with Crippen LogP contribution in [-0.4, -0.2) is 193 Å². The zero-order chi connectivity index (χ0) is 55.5. The van der Waals surface area contributed by atoms with Gasteiger partial charge in [-0.15, -0.1) is 0 Å². The molecule has 0 aromatic rings. The molecule has 1 amide bonds. The molecule has 3 saturated heterocycles. The van der Waals surface area contributed by atoms with Gasteiger partial charge >= 0.3 is 0 Å². The Bertz CT molecular complexity index is 1450. The number of hydrogen-bond donors (Lipinski definition) is 12. The van der Waals surface area contributed by atoms with Gasteiger partial charge in [-0.2, -0.15) is 0 Å². The summed E-state index contributed by atoms with van der Waals surface area (Å²) in [6.07, 6.45) is 13.5. The second kappa shape index (κ2) is 41.5. The Morgan fingerprint density at radius 1 is 0.461 bits per heavy atom. The molecule has 76 heavy (non-hydrogen) atoms. The Hall–Kier alpha value is -1.47. The molecule has 0 bridgehead atoms. The maximum absolute atomic E-state index is 13.2. The van der Waals surface area contributed by atoms with Gasteiger partial charge in [0.15, 0.2) is 18.9 Å². The first kappa shape index (κ1) is 68.8. The zero-order valence-electron chi connectivity index (χ0n) is 46.5. The predicted molar refractivity (Wildman–Crippen MR) is 287 cm³/mol. The smallest absolute Gasteiger partial charge is 0.220 e. The zero-order valence-corrected chi connectivity index (χ0v) is 46.5. The fourth-order valence-corrected chi connectivity index (χ4v) is 10.4. The second-order valence-corrected chi connectivity index (χ2v) is 21.8. The highest BCUT2D eigenvalue weighted by Crippen LogP contribution is 2.33. The number of nitrogens with one attached hydrogen (secondary N) is 1. The maximum Gasteiger partial charge on any atom is 0.220 e. The molecule has 3 fully saturated rings. The Labute approximate surface area is 455 Å². The Kier molecular flexibility index (Phi) is 37.6. The van der Waals surface area contributed by atoms with E-state index >= 15 is 0 Å². The lowest BCUT2D eigenvalue weighted by atomic mass is 9.96. The van der Waals surface area contributed by atoms with Gasteiger partial charge in [0.05, 0.1) is 38.6 Å². The van der Waals surface area contributed by atoms with Crippen molar-refractivity contribution < 1.29 is 89.4 Å². The molecule has 0 aromatic heterocycles. The molecule has 0 saturated carbocycles. The minimum Gasteiger partial charge on any atom is -0.394 e. The van der Waals surface area contributed by atoms with E-state index in [1.165, 1.54) is 141 Å². The van der Waals surface area contributed by atoms with E-state index in [1.807, 2.05) is 6.08 Å². The van der Waals surface area contributed by atoms with Crippen molar-refractivity contribution in [3.8, 4) is 0 Å². The van der Waals surface area contributed by atoms with Crippen LogP contribution >= 0.6 is 0 Å². The van der Waals surface area contributed by atoms with Crippen molar-refractivity contribution in [2.75, 3.05) is 26.4 Å². The quantitative estimate of drug-likeness (QED) is 0.0283. The summed E-state index contributed by atoms with van der Waals surface area (Å²) in [7, 11) is 0. The maximum atomic E-state index is 13.2. The molecule has 0 radical (unpaired) electrons. The number of hydrogen-bond acceptors (Lipinski definition) is 18. The van der Waals surface area contributed by atoms with Crippen LogP contribution in [0.5, 0.6) is 0 Å². The first-order valence-corrected chi connectivity index (χ1v) is 29.9. The van der Waals surface area contributed by atoms with Gasteiger partial charge < -0.3 is 89.9 Å². The Morgan fingerprint density at radius 3 is 1.24 bits per heavy atom. The van der Waals surface area contributed by atoms with Crippen molar-refractivity contribution in [1.82, 2.24) is 5.32 Å². The van der Waals surface area contributed by atoms with E-state index in [-0.39, 0.29) is 18.9 Å². The molecule has 3 heterocycles. The summed E-state index contributed by atoms with van der Waals surface area (Å²) < 4.78 is 34.2. The van der Waals surface area contributed by atoms with Crippen LogP contribution in [0.2, 0.25) is 0 Å². The van der Waals surface area contributed by atoms with Crippen LogP contribution in [0.3, 0.4) is 0 Å². The van der Waals surface area contributed by atoms with E-state index in [9.17, 15) is 61.0 Å². The first-order valence-electron chi connectivity index (χ1n) is 29.9. The van der Waals surface area contributed by atoms with Crippen LogP contribution in [0.4, 0.5) is 0 Å². The van der Waals surface area contributed by atoms with Gasteiger partial charge in [-0.1, -0.05) is 199 Å². The number of aliphatic hydroxyl groups is 11. The van der Waals surface area contributed by atoms with E-state index in [4.69, 9.17) is 28.4 Å². The molecule has 3 rings (SSSR count). The van der Waals surface area contributed by atoms with Crippen LogP contribution < -0.4 is 5.32 Å². The number of carbonyl (C=O) groups is 1. The third kappa shape index (κ3) is 25.5. The Balaban J connectivity index is 1.48. The lowest BCUT2D eigenvalue weighted by Crippen LogP contribution is -2.66. The molecule has 0 aliphatic carbocycles. The third-order valence-corrected chi connectivity index (χ3v) is 15.3. The van der Waals surface area contributed by atoms with E-state index in [1.54, 1.807) is 6.08 Å². The number of rotatable bonds is 44. The van der Waals surface area contributed by atoms with Crippen molar-refractivity contribution in [3.05, 3.63) is 12.2 Å². The van der Waals surface area contributed by atoms with Gasteiger partial charge in [0.1, 0.15) is 73.2 Å². The predicted octanol–water partition coefficient (Wildman–Crippen LogP) is 4.99. The molecular weight excluding hydrogens is 987 g/mol. The van der Waals surface area contributed by atoms with Crippen molar-refractivity contribution in [1.29, 1.82) is 0 Å². The van der Waals surface area contributed by atoms with Gasteiger partial charge in [0.2, 0.25) is 5.91 Å². The minimum absolute atomic E-state index is 0.247. The average Bonchev–Trinajstić information content (AvgIpc) is 3.42. The van der Waals surface area contributed by atoms with E-state index in [0.717, 1.165) is 44.9 Å². The van der Waals surface area contributed by atoms with Gasteiger partial charge in [-0.3, -0.25) is 4.79 Å². The van der Waals surface area contributed by atoms with E-state index < -0.39 is 124 Å². The highest BCUT2D eigenvalue weighted by molar-refractivity contribution is 5.76. The van der Waals surface area contributed by atoms with Crippen LogP contribution in [0, 0.1) is 0 Å².